The van der Waals surface area contributed by atoms with Crippen LogP contribution in [0.1, 0.15) is 0 Å². The number of primary sulfonamides is 1. The van der Waals surface area contributed by atoms with E-state index in [-0.39, 0.29) is 9.79 Å². The third kappa shape index (κ3) is 9.22. The van der Waals surface area contributed by atoms with Crippen LogP contribution in [0.5, 0.6) is 23.0 Å². The highest BCUT2D eigenvalue weighted by Gasteiger charge is 2.17. The molecule has 0 amide bonds. The van der Waals surface area contributed by atoms with E-state index in [0.29, 0.717) is 57.2 Å². The zero-order chi connectivity index (χ0) is 43.3. The normalized spacial score (nSPS) is 11.4. The molecule has 5 N–H and O–H groups in total. The lowest BCUT2D eigenvalue weighted by Crippen LogP contribution is -2.18. The summed E-state index contributed by atoms with van der Waals surface area (Å²) in [5.41, 5.74) is 7.12. The number of rotatable bonds is 13. The molecule has 0 fully saturated rings. The van der Waals surface area contributed by atoms with Gasteiger partial charge in [-0.15, -0.1) is 0 Å². The minimum Gasteiger partial charge on any atom is -0.493 e. The van der Waals surface area contributed by atoms with Crippen LogP contribution in [0.2, 0.25) is 0 Å². The summed E-state index contributed by atoms with van der Waals surface area (Å²) in [7, 11) is 0.417. The summed E-state index contributed by atoms with van der Waals surface area (Å²) in [5, 5.41) is 11.4. The first-order valence-corrected chi connectivity index (χ1v) is 21.3. The van der Waals surface area contributed by atoms with Gasteiger partial charge in [0.25, 0.3) is 12.0 Å². The number of nitrogens with two attached hydrogens (primary N) is 1. The van der Waals surface area contributed by atoms with Crippen LogP contribution in [0, 0.1) is 0 Å². The summed E-state index contributed by atoms with van der Waals surface area (Å²) < 4.78 is 82.3. The average molecular weight is 865 g/mol. The lowest BCUT2D eigenvalue weighted by atomic mass is 10.1. The van der Waals surface area contributed by atoms with E-state index in [1.54, 1.807) is 89.1 Å². The van der Waals surface area contributed by atoms with Crippen LogP contribution in [-0.2, 0) is 20.0 Å². The second-order valence-electron chi connectivity index (χ2n) is 13.0. The van der Waals surface area contributed by atoms with Gasteiger partial charge in [0.05, 0.1) is 38.2 Å². The average Bonchev–Trinajstić information content (AvgIpc) is 3.89. The van der Waals surface area contributed by atoms with Crippen LogP contribution in [0.25, 0.3) is 44.5 Å². The van der Waals surface area contributed by atoms with E-state index in [1.807, 2.05) is 48.5 Å². The lowest BCUT2D eigenvalue weighted by molar-refractivity contribution is 0.355. The zero-order valence-electron chi connectivity index (χ0n) is 33.4. The first-order chi connectivity index (χ1) is 29.3. The van der Waals surface area contributed by atoms with Crippen molar-refractivity contribution in [2.45, 2.75) is 9.79 Å². The number of fused-ring (bicyclic) bond motifs is 2. The van der Waals surface area contributed by atoms with E-state index in [1.165, 1.54) is 19.2 Å². The number of nitrogens with one attached hydrogen (secondary N) is 3. The van der Waals surface area contributed by atoms with Gasteiger partial charge < -0.3 is 38.4 Å². The van der Waals surface area contributed by atoms with Crippen molar-refractivity contribution in [3.05, 3.63) is 121 Å². The van der Waals surface area contributed by atoms with Gasteiger partial charge in [0.15, 0.2) is 34.2 Å². The van der Waals surface area contributed by atoms with Gasteiger partial charge in [-0.25, -0.2) is 26.7 Å². The molecular formula is C43H40N6O10S2. The van der Waals surface area contributed by atoms with Crippen molar-refractivity contribution in [2.24, 2.45) is 5.14 Å². The molecule has 61 heavy (non-hydrogen) atoms. The Labute approximate surface area is 351 Å². The molecule has 0 atom stereocenters. The Hall–Kier alpha value is -7.12. The predicted molar refractivity (Wildman–Crippen MR) is 232 cm³/mol. The summed E-state index contributed by atoms with van der Waals surface area (Å²) in [6.45, 7) is 0. The first-order valence-electron chi connectivity index (χ1n) is 18.3. The number of sulfonamides is 2. The molecule has 0 spiro atoms. The van der Waals surface area contributed by atoms with E-state index >= 15 is 0 Å². The SMILES string of the molecule is CNS(=O)(=O)c1ccc(-c2cccc3nc(Nc4ccc(OC)c(OC)c4)oc23)cc1.COc1ccc(Nc2nc3cccc(-c4ccc(S(N)(=O)=O)cc4)c3o2)cc1OC. The van der Waals surface area contributed by atoms with Gasteiger partial charge in [-0.1, -0.05) is 48.5 Å². The van der Waals surface area contributed by atoms with Crippen LogP contribution < -0.4 is 39.4 Å². The van der Waals surface area contributed by atoms with Gasteiger partial charge >= 0.3 is 0 Å². The van der Waals surface area contributed by atoms with Gasteiger partial charge in [-0.3, -0.25) is 0 Å². The second kappa shape index (κ2) is 17.6. The van der Waals surface area contributed by atoms with Crippen LogP contribution in [0.3, 0.4) is 0 Å². The molecule has 0 saturated heterocycles. The van der Waals surface area contributed by atoms with Gasteiger partial charge in [-0.2, -0.15) is 9.97 Å². The molecule has 0 unspecified atom stereocenters. The fourth-order valence-electron chi connectivity index (χ4n) is 6.29. The lowest BCUT2D eigenvalue weighted by Gasteiger charge is -2.09. The fraction of sp³-hybridized carbons (Fsp3) is 0.116. The Bertz CT molecular complexity index is 3060. The molecule has 0 aliphatic rings. The number of hydrogen-bond acceptors (Lipinski definition) is 14. The highest BCUT2D eigenvalue weighted by Crippen LogP contribution is 2.36. The molecule has 0 saturated carbocycles. The number of ether oxygens (including phenoxy) is 4. The molecule has 0 aliphatic heterocycles. The second-order valence-corrected chi connectivity index (χ2v) is 16.5. The highest BCUT2D eigenvalue weighted by molar-refractivity contribution is 7.89. The standard InChI is InChI=1S/C22H21N3O5S.C21H19N3O5S/c1-23-31(26,27)16-10-7-14(8-11-16)17-5-4-6-18-21(17)30-22(25-18)24-15-9-12-19(28-2)20(13-15)29-3;1-27-18-11-8-14(12-19(18)28-2)23-21-24-17-5-3-4-16(20(17)29-21)13-6-9-15(10-7-13)30(22,25)26/h4-13,23H,1-3H3,(H,24,25);3-12H,1-2H3,(H,23,24)(H2,22,25,26). The van der Waals surface area contributed by atoms with Gasteiger partial charge in [0.1, 0.15) is 11.0 Å². The predicted octanol–water partition coefficient (Wildman–Crippen LogP) is 8.07. The highest BCUT2D eigenvalue weighted by atomic mass is 32.2. The summed E-state index contributed by atoms with van der Waals surface area (Å²) in [6.07, 6.45) is 0. The number of benzene rings is 6. The minimum atomic E-state index is -3.75. The number of hydrogen-bond donors (Lipinski definition) is 4. The maximum Gasteiger partial charge on any atom is 0.300 e. The van der Waals surface area contributed by atoms with Crippen molar-refractivity contribution in [1.29, 1.82) is 0 Å². The fourth-order valence-corrected chi connectivity index (χ4v) is 7.54. The van der Waals surface area contributed by atoms with Gasteiger partial charge in [0.2, 0.25) is 20.0 Å². The third-order valence-corrected chi connectivity index (χ3v) is 11.7. The number of para-hydroxylation sites is 2. The van der Waals surface area contributed by atoms with E-state index in [9.17, 15) is 16.8 Å². The molecule has 16 nitrogen and oxygen atoms in total. The van der Waals surface area contributed by atoms with Crippen molar-refractivity contribution >= 4 is 65.7 Å². The van der Waals surface area contributed by atoms with Crippen molar-refractivity contribution in [3.8, 4) is 45.3 Å². The summed E-state index contributed by atoms with van der Waals surface area (Å²) in [5.74, 6) is 2.40. The molecule has 6 aromatic carbocycles. The number of nitrogens with zero attached hydrogens (tertiary/aromatic N) is 2. The smallest absolute Gasteiger partial charge is 0.300 e. The maximum absolute atomic E-state index is 12.0. The van der Waals surface area contributed by atoms with Crippen LogP contribution >= 0.6 is 0 Å². The molecule has 2 aromatic heterocycles. The monoisotopic (exact) mass is 864 g/mol. The van der Waals surface area contributed by atoms with Crippen molar-refractivity contribution in [3.63, 3.8) is 0 Å². The summed E-state index contributed by atoms with van der Waals surface area (Å²) in [4.78, 5) is 9.23. The van der Waals surface area contributed by atoms with Crippen LogP contribution in [0.4, 0.5) is 23.4 Å². The largest absolute Gasteiger partial charge is 0.493 e. The maximum atomic E-state index is 12.0. The Morgan fingerprint density at radius 3 is 1.31 bits per heavy atom. The Kier molecular flexibility index (Phi) is 12.1. The Morgan fingerprint density at radius 2 is 0.934 bits per heavy atom. The molecule has 314 valence electrons. The van der Waals surface area contributed by atoms with Gasteiger partial charge in [0, 0.05) is 34.6 Å². The minimum absolute atomic E-state index is 0.0480. The van der Waals surface area contributed by atoms with E-state index in [2.05, 4.69) is 25.3 Å². The summed E-state index contributed by atoms with van der Waals surface area (Å²) >= 11 is 0. The van der Waals surface area contributed by atoms with E-state index < -0.39 is 20.0 Å². The van der Waals surface area contributed by atoms with Crippen molar-refractivity contribution < 1.29 is 44.6 Å². The van der Waals surface area contributed by atoms with Crippen LogP contribution in [-0.4, -0.2) is 62.3 Å². The molecule has 8 rings (SSSR count). The third-order valence-electron chi connectivity index (χ3n) is 9.34. The zero-order valence-corrected chi connectivity index (χ0v) is 35.1. The van der Waals surface area contributed by atoms with E-state index in [4.69, 9.17) is 32.9 Å². The number of methoxy groups -OCH3 is 4. The Balaban J connectivity index is 0.000000184. The molecular weight excluding hydrogens is 825 g/mol. The first kappa shape index (κ1) is 42.0. The molecule has 8 aromatic rings. The summed E-state index contributed by atoms with van der Waals surface area (Å²) in [6, 6.07) is 35.5. The van der Waals surface area contributed by atoms with Crippen molar-refractivity contribution in [1.82, 2.24) is 14.7 Å². The number of aromatic nitrogens is 2. The molecule has 0 aliphatic carbocycles. The quantitative estimate of drug-likeness (QED) is 0.0862. The van der Waals surface area contributed by atoms with Gasteiger partial charge in [-0.05, 0) is 78.8 Å². The molecule has 18 heteroatoms. The van der Waals surface area contributed by atoms with E-state index in [0.717, 1.165) is 33.6 Å². The molecule has 0 radical (unpaired) electrons. The number of anilines is 4. The number of oxazole rings is 2. The molecule has 2 heterocycles. The topological polar surface area (TPSA) is 219 Å². The van der Waals surface area contributed by atoms with Crippen LogP contribution in [0.15, 0.2) is 140 Å². The molecule has 0 bridgehead atoms. The Morgan fingerprint density at radius 1 is 0.525 bits per heavy atom. The van der Waals surface area contributed by atoms with Crippen molar-refractivity contribution in [2.75, 3.05) is 46.1 Å².